The molecule has 1 aromatic carbocycles. The number of imide groups is 1. The molecule has 0 bridgehead atoms. The molecule has 2 aliphatic heterocycles. The van der Waals surface area contributed by atoms with Crippen LogP contribution in [0.25, 0.3) is 0 Å². The maximum absolute atomic E-state index is 11.8. The average molecular weight is 308 g/mol. The predicted molar refractivity (Wildman–Crippen MR) is 80.1 cm³/mol. The molecular formula is C15H18ClN3O2. The highest BCUT2D eigenvalue weighted by molar-refractivity contribution is 6.30. The number of likely N-dealkylation sites (tertiary alicyclic amines) is 1. The molecule has 2 aliphatic rings. The summed E-state index contributed by atoms with van der Waals surface area (Å²) < 4.78 is 0. The fourth-order valence-electron chi connectivity index (χ4n) is 3.01. The van der Waals surface area contributed by atoms with Crippen molar-refractivity contribution in [1.29, 1.82) is 0 Å². The third kappa shape index (κ3) is 3.04. The zero-order valence-corrected chi connectivity index (χ0v) is 12.5. The van der Waals surface area contributed by atoms with Gasteiger partial charge in [-0.25, -0.2) is 4.79 Å². The van der Waals surface area contributed by atoms with Crippen molar-refractivity contribution in [3.8, 4) is 0 Å². The summed E-state index contributed by atoms with van der Waals surface area (Å²) in [4.78, 5) is 27.2. The van der Waals surface area contributed by atoms with Gasteiger partial charge in [-0.3, -0.25) is 14.6 Å². The van der Waals surface area contributed by atoms with Crippen molar-refractivity contribution in [2.45, 2.75) is 18.9 Å². The molecule has 2 heterocycles. The van der Waals surface area contributed by atoms with E-state index in [2.05, 4.69) is 10.2 Å². The molecule has 0 unspecified atom stereocenters. The Morgan fingerprint density at radius 3 is 2.62 bits per heavy atom. The van der Waals surface area contributed by atoms with E-state index in [4.69, 9.17) is 11.6 Å². The van der Waals surface area contributed by atoms with E-state index < -0.39 is 0 Å². The minimum absolute atomic E-state index is 0.0130. The van der Waals surface area contributed by atoms with E-state index in [9.17, 15) is 9.59 Å². The normalized spacial score (nSPS) is 20.9. The molecule has 1 N–H and O–H groups in total. The number of carbonyl (C=O) groups excluding carboxylic acids is 2. The van der Waals surface area contributed by atoms with Gasteiger partial charge in [0.25, 0.3) is 0 Å². The average Bonchev–Trinajstić information content (AvgIpc) is 3.08. The highest BCUT2D eigenvalue weighted by atomic mass is 35.5. The van der Waals surface area contributed by atoms with E-state index in [1.54, 1.807) is 0 Å². The van der Waals surface area contributed by atoms with Gasteiger partial charge in [0.2, 0.25) is 5.91 Å². The number of nitrogens with one attached hydrogen (secondary N) is 1. The van der Waals surface area contributed by atoms with Gasteiger partial charge in [-0.1, -0.05) is 23.7 Å². The summed E-state index contributed by atoms with van der Waals surface area (Å²) in [6.07, 6.45) is 2.30. The van der Waals surface area contributed by atoms with Gasteiger partial charge >= 0.3 is 6.03 Å². The second kappa shape index (κ2) is 6.03. The number of carbonyl (C=O) groups is 2. The van der Waals surface area contributed by atoms with Crippen LogP contribution in [0.4, 0.5) is 4.79 Å². The third-order valence-electron chi connectivity index (χ3n) is 4.11. The molecule has 0 aromatic heterocycles. The fraction of sp³-hybridized carbons (Fsp3) is 0.467. The van der Waals surface area contributed by atoms with Crippen molar-refractivity contribution >= 4 is 23.5 Å². The lowest BCUT2D eigenvalue weighted by Crippen LogP contribution is -2.40. The maximum atomic E-state index is 11.8. The molecule has 1 atom stereocenters. The first-order valence-corrected chi connectivity index (χ1v) is 7.60. The molecule has 6 heteroatoms. The van der Waals surface area contributed by atoms with Crippen molar-refractivity contribution < 1.29 is 9.59 Å². The van der Waals surface area contributed by atoms with Crippen LogP contribution in [-0.4, -0.2) is 47.9 Å². The minimum atomic E-state index is -0.300. The first-order chi connectivity index (χ1) is 10.1. The molecule has 0 spiro atoms. The second-order valence-corrected chi connectivity index (χ2v) is 5.91. The Hall–Kier alpha value is -1.59. The third-order valence-corrected chi connectivity index (χ3v) is 4.34. The quantitative estimate of drug-likeness (QED) is 0.866. The fourth-order valence-corrected chi connectivity index (χ4v) is 3.21. The monoisotopic (exact) mass is 307 g/mol. The molecule has 0 aliphatic carbocycles. The summed E-state index contributed by atoms with van der Waals surface area (Å²) in [6, 6.07) is 7.38. The number of hydrogen-bond acceptors (Lipinski definition) is 3. The van der Waals surface area contributed by atoms with Crippen molar-refractivity contribution in [1.82, 2.24) is 15.1 Å². The molecule has 112 valence electrons. The number of benzene rings is 1. The van der Waals surface area contributed by atoms with Gasteiger partial charge in [-0.15, -0.1) is 0 Å². The summed E-state index contributed by atoms with van der Waals surface area (Å²) in [5.74, 6) is -0.161. The lowest BCUT2D eigenvalue weighted by molar-refractivity contribution is -0.125. The first kappa shape index (κ1) is 14.4. The number of urea groups is 1. The second-order valence-electron chi connectivity index (χ2n) is 5.48. The van der Waals surface area contributed by atoms with Crippen LogP contribution >= 0.6 is 11.6 Å². The van der Waals surface area contributed by atoms with Crippen LogP contribution in [0, 0.1) is 0 Å². The van der Waals surface area contributed by atoms with Gasteiger partial charge in [0.05, 0.1) is 19.1 Å². The SMILES string of the molecule is O=C1CNC(=O)N1C[C@H](c1cccc(Cl)c1)N1CCCC1. The van der Waals surface area contributed by atoms with Crippen LogP contribution in [0.3, 0.4) is 0 Å². The standard InChI is InChI=1S/C15H18ClN3O2/c16-12-5-3-4-11(8-12)13(18-6-1-2-7-18)10-19-14(20)9-17-15(19)21/h3-5,8,13H,1-2,6-7,9-10H2,(H,17,21)/t13-/m1/s1. The lowest BCUT2D eigenvalue weighted by Gasteiger charge is -2.30. The molecule has 0 radical (unpaired) electrons. The first-order valence-electron chi connectivity index (χ1n) is 7.23. The smallest absolute Gasteiger partial charge is 0.324 e. The van der Waals surface area contributed by atoms with Crippen LogP contribution in [0.1, 0.15) is 24.4 Å². The molecule has 0 saturated carbocycles. The summed E-state index contributed by atoms with van der Waals surface area (Å²) in [7, 11) is 0. The van der Waals surface area contributed by atoms with Crippen LogP contribution in [0.5, 0.6) is 0 Å². The summed E-state index contributed by atoms with van der Waals surface area (Å²) in [5.41, 5.74) is 1.05. The Morgan fingerprint density at radius 1 is 1.24 bits per heavy atom. The number of halogens is 1. The van der Waals surface area contributed by atoms with Gasteiger partial charge in [0.1, 0.15) is 0 Å². The van der Waals surface area contributed by atoms with Gasteiger partial charge < -0.3 is 5.32 Å². The summed E-state index contributed by atoms with van der Waals surface area (Å²) in [6.45, 7) is 2.45. The molecule has 3 rings (SSSR count). The largest absolute Gasteiger partial charge is 0.329 e. The zero-order valence-electron chi connectivity index (χ0n) is 11.7. The lowest BCUT2D eigenvalue weighted by atomic mass is 10.0. The number of amides is 3. The molecule has 2 fully saturated rings. The highest BCUT2D eigenvalue weighted by Gasteiger charge is 2.34. The predicted octanol–water partition coefficient (Wildman–Crippen LogP) is 2.03. The van der Waals surface area contributed by atoms with Crippen LogP contribution in [0.15, 0.2) is 24.3 Å². The Morgan fingerprint density at radius 2 is 2.00 bits per heavy atom. The van der Waals surface area contributed by atoms with Crippen LogP contribution in [-0.2, 0) is 4.79 Å². The van der Waals surface area contributed by atoms with E-state index in [0.717, 1.165) is 31.5 Å². The Labute approximate surface area is 128 Å². The van der Waals surface area contributed by atoms with E-state index in [0.29, 0.717) is 11.6 Å². The summed E-state index contributed by atoms with van der Waals surface area (Å²) in [5, 5.41) is 3.25. The van der Waals surface area contributed by atoms with Gasteiger partial charge in [0, 0.05) is 5.02 Å². The molecule has 2 saturated heterocycles. The highest BCUT2D eigenvalue weighted by Crippen LogP contribution is 2.28. The molecular weight excluding hydrogens is 290 g/mol. The van der Waals surface area contributed by atoms with E-state index in [1.807, 2.05) is 24.3 Å². The Bertz CT molecular complexity index is 542. The molecule has 5 nitrogen and oxygen atoms in total. The topological polar surface area (TPSA) is 52.7 Å². The summed E-state index contributed by atoms with van der Waals surface area (Å²) >= 11 is 6.09. The van der Waals surface area contributed by atoms with Crippen molar-refractivity contribution in [2.75, 3.05) is 26.2 Å². The van der Waals surface area contributed by atoms with Crippen molar-refractivity contribution in [3.63, 3.8) is 0 Å². The maximum Gasteiger partial charge on any atom is 0.324 e. The van der Waals surface area contributed by atoms with Crippen molar-refractivity contribution in [3.05, 3.63) is 34.9 Å². The van der Waals surface area contributed by atoms with E-state index in [1.165, 1.54) is 4.90 Å². The van der Waals surface area contributed by atoms with Gasteiger partial charge in [-0.2, -0.15) is 0 Å². The van der Waals surface area contributed by atoms with Crippen LogP contribution < -0.4 is 5.32 Å². The van der Waals surface area contributed by atoms with Crippen molar-refractivity contribution in [2.24, 2.45) is 0 Å². The number of nitrogens with zero attached hydrogens (tertiary/aromatic N) is 2. The Kier molecular flexibility index (Phi) is 4.12. The van der Waals surface area contributed by atoms with Gasteiger partial charge in [-0.05, 0) is 43.6 Å². The molecule has 1 aromatic rings. The van der Waals surface area contributed by atoms with E-state index in [-0.39, 0.29) is 24.5 Å². The molecule has 3 amide bonds. The van der Waals surface area contributed by atoms with Gasteiger partial charge in [0.15, 0.2) is 0 Å². The minimum Gasteiger partial charge on any atom is -0.329 e. The Balaban J connectivity index is 1.85. The van der Waals surface area contributed by atoms with E-state index >= 15 is 0 Å². The molecule has 21 heavy (non-hydrogen) atoms. The van der Waals surface area contributed by atoms with Crippen LogP contribution in [0.2, 0.25) is 5.02 Å². The number of hydrogen-bond donors (Lipinski definition) is 1. The zero-order chi connectivity index (χ0) is 14.8. The number of rotatable bonds is 4.